The molecule has 0 spiro atoms. The number of likely N-dealkylation sites (tertiary alicyclic amines) is 1. The fraction of sp³-hybridized carbons (Fsp3) is 0.941. The fourth-order valence-electron chi connectivity index (χ4n) is 3.86. The van der Waals surface area contributed by atoms with Crippen LogP contribution in [0.4, 0.5) is 0 Å². The summed E-state index contributed by atoms with van der Waals surface area (Å²) in [6, 6.07) is 1.38. The van der Waals surface area contributed by atoms with Crippen LogP contribution in [-0.4, -0.2) is 49.6 Å². The molecule has 2 rings (SSSR count). The molecule has 2 aliphatic rings. The number of piperidine rings is 1. The van der Waals surface area contributed by atoms with Gasteiger partial charge >= 0.3 is 0 Å². The van der Waals surface area contributed by atoms with Gasteiger partial charge in [0.2, 0.25) is 5.91 Å². The Morgan fingerprint density at radius 3 is 2.48 bits per heavy atom. The Bertz CT molecular complexity index is 324. The molecule has 1 heterocycles. The van der Waals surface area contributed by atoms with Gasteiger partial charge < -0.3 is 10.6 Å². The maximum Gasteiger partial charge on any atom is 0.233 e. The van der Waals surface area contributed by atoms with E-state index in [9.17, 15) is 4.79 Å². The maximum atomic E-state index is 11.4. The van der Waals surface area contributed by atoms with E-state index in [2.05, 4.69) is 29.4 Å². The molecule has 4 nitrogen and oxygen atoms in total. The second-order valence-electron chi connectivity index (χ2n) is 7.26. The van der Waals surface area contributed by atoms with Crippen LogP contribution in [0.2, 0.25) is 0 Å². The van der Waals surface area contributed by atoms with Crippen molar-refractivity contribution in [2.24, 2.45) is 11.8 Å². The van der Waals surface area contributed by atoms with E-state index < -0.39 is 0 Å². The highest BCUT2D eigenvalue weighted by atomic mass is 16.1. The normalized spacial score (nSPS) is 28.8. The number of carbonyl (C=O) groups excluding carboxylic acids is 1. The van der Waals surface area contributed by atoms with Gasteiger partial charge in [0.05, 0.1) is 6.54 Å². The van der Waals surface area contributed by atoms with Gasteiger partial charge in [-0.3, -0.25) is 9.69 Å². The largest absolute Gasteiger partial charge is 0.358 e. The lowest BCUT2D eigenvalue weighted by Gasteiger charge is -2.37. The van der Waals surface area contributed by atoms with Crippen molar-refractivity contribution in [2.45, 2.75) is 64.5 Å². The van der Waals surface area contributed by atoms with E-state index in [0.29, 0.717) is 12.6 Å². The van der Waals surface area contributed by atoms with Gasteiger partial charge in [-0.05, 0) is 37.5 Å². The van der Waals surface area contributed by atoms with E-state index in [-0.39, 0.29) is 5.91 Å². The van der Waals surface area contributed by atoms with Gasteiger partial charge in [-0.1, -0.05) is 26.7 Å². The summed E-state index contributed by atoms with van der Waals surface area (Å²) >= 11 is 0. The number of carbonyl (C=O) groups is 1. The van der Waals surface area contributed by atoms with Crippen molar-refractivity contribution in [1.29, 1.82) is 0 Å². The summed E-state index contributed by atoms with van der Waals surface area (Å²) in [4.78, 5) is 13.7. The summed E-state index contributed by atoms with van der Waals surface area (Å²) in [7, 11) is 1.71. The third kappa shape index (κ3) is 5.26. The zero-order valence-electron chi connectivity index (χ0n) is 14.0. The molecule has 1 aliphatic carbocycles. The molecule has 0 aromatic rings. The lowest BCUT2D eigenvalue weighted by molar-refractivity contribution is -0.122. The summed E-state index contributed by atoms with van der Waals surface area (Å²) in [5.74, 6) is 1.86. The Labute approximate surface area is 130 Å². The van der Waals surface area contributed by atoms with Crippen molar-refractivity contribution in [2.75, 3.05) is 26.7 Å². The van der Waals surface area contributed by atoms with E-state index in [1.54, 1.807) is 7.05 Å². The number of likely N-dealkylation sites (N-methyl/N-ethyl adjacent to an activating group) is 1. The highest BCUT2D eigenvalue weighted by Crippen LogP contribution is 2.30. The van der Waals surface area contributed by atoms with Gasteiger partial charge in [0, 0.05) is 32.2 Å². The van der Waals surface area contributed by atoms with Gasteiger partial charge in [-0.25, -0.2) is 0 Å². The maximum absolute atomic E-state index is 11.4. The minimum Gasteiger partial charge on any atom is -0.358 e. The second kappa shape index (κ2) is 8.14. The van der Waals surface area contributed by atoms with Crippen LogP contribution in [0.5, 0.6) is 0 Å². The monoisotopic (exact) mass is 295 g/mol. The molecule has 2 fully saturated rings. The van der Waals surface area contributed by atoms with E-state index in [1.807, 2.05) is 0 Å². The molecule has 0 aromatic heterocycles. The molecule has 122 valence electrons. The summed E-state index contributed by atoms with van der Waals surface area (Å²) in [6.07, 6.45) is 7.87. The fourth-order valence-corrected chi connectivity index (χ4v) is 3.86. The average Bonchev–Trinajstić information content (AvgIpc) is 2.49. The molecule has 0 aromatic carbocycles. The van der Waals surface area contributed by atoms with Crippen LogP contribution in [0.1, 0.15) is 52.4 Å². The standard InChI is InChI=1S/C17H33N3O/c1-13(2)14-5-4-6-16(11-14)19-15-7-9-20(10-8-15)12-17(21)18-3/h13-16,19H,4-12H2,1-3H3,(H,18,21). The third-order valence-electron chi connectivity index (χ3n) is 5.36. The molecule has 1 amide bonds. The Morgan fingerprint density at radius 1 is 1.14 bits per heavy atom. The minimum absolute atomic E-state index is 0.133. The van der Waals surface area contributed by atoms with Crippen LogP contribution in [-0.2, 0) is 4.79 Å². The molecule has 21 heavy (non-hydrogen) atoms. The average molecular weight is 295 g/mol. The number of amides is 1. The summed E-state index contributed by atoms with van der Waals surface area (Å²) in [6.45, 7) is 7.38. The molecule has 2 N–H and O–H groups in total. The lowest BCUT2D eigenvalue weighted by atomic mass is 9.79. The highest BCUT2D eigenvalue weighted by molar-refractivity contribution is 5.77. The van der Waals surface area contributed by atoms with E-state index >= 15 is 0 Å². The zero-order chi connectivity index (χ0) is 15.2. The Morgan fingerprint density at radius 2 is 1.86 bits per heavy atom. The Balaban J connectivity index is 1.69. The van der Waals surface area contributed by atoms with E-state index in [1.165, 1.54) is 38.5 Å². The molecule has 0 bridgehead atoms. The van der Waals surface area contributed by atoms with Crippen molar-refractivity contribution in [3.05, 3.63) is 0 Å². The topological polar surface area (TPSA) is 44.4 Å². The number of hydrogen-bond donors (Lipinski definition) is 2. The Kier molecular flexibility index (Phi) is 6.49. The first-order valence-corrected chi connectivity index (χ1v) is 8.77. The van der Waals surface area contributed by atoms with Gasteiger partial charge in [0.25, 0.3) is 0 Å². The smallest absolute Gasteiger partial charge is 0.233 e. The number of hydrogen-bond acceptors (Lipinski definition) is 3. The van der Waals surface area contributed by atoms with Crippen LogP contribution in [0.15, 0.2) is 0 Å². The first kappa shape index (κ1) is 16.8. The summed E-state index contributed by atoms with van der Waals surface area (Å²) in [5.41, 5.74) is 0. The molecule has 2 atom stereocenters. The van der Waals surface area contributed by atoms with Crippen molar-refractivity contribution >= 4 is 5.91 Å². The first-order valence-electron chi connectivity index (χ1n) is 8.77. The van der Waals surface area contributed by atoms with Gasteiger partial charge in [0.15, 0.2) is 0 Å². The molecule has 1 saturated carbocycles. The molecule has 1 aliphatic heterocycles. The second-order valence-corrected chi connectivity index (χ2v) is 7.26. The van der Waals surface area contributed by atoms with Crippen molar-refractivity contribution in [1.82, 2.24) is 15.5 Å². The quantitative estimate of drug-likeness (QED) is 0.815. The number of rotatable bonds is 5. The van der Waals surface area contributed by atoms with Crippen LogP contribution < -0.4 is 10.6 Å². The van der Waals surface area contributed by atoms with Crippen LogP contribution in [0.25, 0.3) is 0 Å². The van der Waals surface area contributed by atoms with E-state index in [0.717, 1.165) is 31.0 Å². The van der Waals surface area contributed by atoms with Gasteiger partial charge in [-0.15, -0.1) is 0 Å². The molecule has 2 unspecified atom stereocenters. The van der Waals surface area contributed by atoms with Crippen molar-refractivity contribution in [3.63, 3.8) is 0 Å². The molecule has 4 heteroatoms. The Hall–Kier alpha value is -0.610. The molecular weight excluding hydrogens is 262 g/mol. The number of nitrogens with one attached hydrogen (secondary N) is 2. The summed E-state index contributed by atoms with van der Waals surface area (Å²) in [5, 5.41) is 6.61. The predicted octanol–water partition coefficient (Wildman–Crippen LogP) is 2.00. The molecule has 0 radical (unpaired) electrons. The zero-order valence-corrected chi connectivity index (χ0v) is 14.0. The third-order valence-corrected chi connectivity index (χ3v) is 5.36. The first-order chi connectivity index (χ1) is 10.1. The van der Waals surface area contributed by atoms with Crippen LogP contribution >= 0.6 is 0 Å². The predicted molar refractivity (Wildman–Crippen MR) is 87.2 cm³/mol. The lowest BCUT2D eigenvalue weighted by Crippen LogP contribution is -2.49. The molecular formula is C17H33N3O. The summed E-state index contributed by atoms with van der Waals surface area (Å²) < 4.78 is 0. The highest BCUT2D eigenvalue weighted by Gasteiger charge is 2.27. The van der Waals surface area contributed by atoms with E-state index in [4.69, 9.17) is 0 Å². The van der Waals surface area contributed by atoms with Gasteiger partial charge in [0.1, 0.15) is 0 Å². The molecule has 1 saturated heterocycles. The SMILES string of the molecule is CNC(=O)CN1CCC(NC2CCCC(C(C)C)C2)CC1. The number of nitrogens with zero attached hydrogens (tertiary/aromatic N) is 1. The van der Waals surface area contributed by atoms with Gasteiger partial charge in [-0.2, -0.15) is 0 Å². The van der Waals surface area contributed by atoms with Crippen molar-refractivity contribution < 1.29 is 4.79 Å². The van der Waals surface area contributed by atoms with Crippen molar-refractivity contribution in [3.8, 4) is 0 Å². The minimum atomic E-state index is 0.133. The van der Waals surface area contributed by atoms with Crippen LogP contribution in [0.3, 0.4) is 0 Å². The van der Waals surface area contributed by atoms with Crippen LogP contribution in [0, 0.1) is 11.8 Å².